The van der Waals surface area contributed by atoms with Gasteiger partial charge < -0.3 is 10.1 Å². The van der Waals surface area contributed by atoms with Crippen molar-refractivity contribution in [2.75, 3.05) is 0 Å². The van der Waals surface area contributed by atoms with Gasteiger partial charge in [-0.15, -0.1) is 0 Å². The van der Waals surface area contributed by atoms with Crippen LogP contribution in [0.4, 0.5) is 4.79 Å². The van der Waals surface area contributed by atoms with E-state index in [4.69, 9.17) is 4.74 Å². The van der Waals surface area contributed by atoms with Crippen LogP contribution in [0.1, 0.15) is 33.6 Å². The summed E-state index contributed by atoms with van der Waals surface area (Å²) in [6.07, 6.45) is 1.50. The average molecular weight is 199 g/mol. The fraction of sp³-hybridized carbons (Fsp3) is 0.800. The number of ketones is 1. The zero-order valence-electron chi connectivity index (χ0n) is 8.87. The summed E-state index contributed by atoms with van der Waals surface area (Å²) in [5.74, 6) is 0.0620. The molecule has 14 heavy (non-hydrogen) atoms. The molecule has 1 fully saturated rings. The predicted octanol–water partition coefficient (Wildman–Crippen LogP) is 1.49. The highest BCUT2D eigenvalue weighted by molar-refractivity contribution is 5.85. The molecule has 0 aromatic heterocycles. The summed E-state index contributed by atoms with van der Waals surface area (Å²) < 4.78 is 4.99. The topological polar surface area (TPSA) is 55.4 Å². The molecular formula is C10H17NO3. The fourth-order valence-corrected chi connectivity index (χ4v) is 1.24. The Hall–Kier alpha value is -1.06. The number of Topliss-reactive ketones (excluding diaryl/α,β-unsaturated/α-hetero) is 1. The first-order valence-electron chi connectivity index (χ1n) is 4.98. The molecule has 0 heterocycles. The summed E-state index contributed by atoms with van der Waals surface area (Å²) in [4.78, 5) is 22.4. The van der Waals surface area contributed by atoms with Gasteiger partial charge in [0.2, 0.25) is 0 Å². The standard InChI is InChI=1S/C10H17NO3/c1-6(2)9(7(3)12)11-10(13)14-8-4-5-8/h6,8-9H,4-5H2,1-3H3,(H,11,13)/t9-/m0/s1. The number of hydrogen-bond acceptors (Lipinski definition) is 3. The first-order valence-corrected chi connectivity index (χ1v) is 4.98. The molecule has 4 heteroatoms. The number of nitrogens with one attached hydrogen (secondary N) is 1. The quantitative estimate of drug-likeness (QED) is 0.746. The Labute approximate surface area is 84.0 Å². The minimum atomic E-state index is -0.471. The molecule has 1 aliphatic rings. The van der Waals surface area contributed by atoms with E-state index in [1.807, 2.05) is 13.8 Å². The molecule has 1 rings (SSSR count). The van der Waals surface area contributed by atoms with Crippen LogP contribution >= 0.6 is 0 Å². The maximum absolute atomic E-state index is 11.2. The van der Waals surface area contributed by atoms with Crippen LogP contribution in [0.5, 0.6) is 0 Å². The third-order valence-electron chi connectivity index (χ3n) is 2.18. The summed E-state index contributed by atoms with van der Waals surface area (Å²) in [6, 6.07) is -0.429. The molecule has 1 amide bonds. The Morgan fingerprint density at radius 1 is 1.36 bits per heavy atom. The second kappa shape index (κ2) is 4.44. The number of carbonyl (C=O) groups excluding carboxylic acids is 2. The highest BCUT2D eigenvalue weighted by Gasteiger charge is 2.28. The lowest BCUT2D eigenvalue weighted by molar-refractivity contribution is -0.119. The van der Waals surface area contributed by atoms with Crippen molar-refractivity contribution in [3.8, 4) is 0 Å². The van der Waals surface area contributed by atoms with E-state index in [9.17, 15) is 9.59 Å². The summed E-state index contributed by atoms with van der Waals surface area (Å²) in [6.45, 7) is 5.26. The van der Waals surface area contributed by atoms with Crippen LogP contribution in [-0.2, 0) is 9.53 Å². The molecule has 4 nitrogen and oxygen atoms in total. The van der Waals surface area contributed by atoms with E-state index in [1.165, 1.54) is 6.92 Å². The van der Waals surface area contributed by atoms with Gasteiger partial charge in [-0.05, 0) is 25.7 Å². The summed E-state index contributed by atoms with van der Waals surface area (Å²) in [5, 5.41) is 2.58. The van der Waals surface area contributed by atoms with E-state index in [0.717, 1.165) is 12.8 Å². The smallest absolute Gasteiger partial charge is 0.407 e. The zero-order chi connectivity index (χ0) is 10.7. The summed E-state index contributed by atoms with van der Waals surface area (Å²) in [7, 11) is 0. The Morgan fingerprint density at radius 3 is 2.29 bits per heavy atom. The highest BCUT2D eigenvalue weighted by atomic mass is 16.6. The van der Waals surface area contributed by atoms with Crippen molar-refractivity contribution in [2.45, 2.75) is 45.8 Å². The molecule has 0 radical (unpaired) electrons. The zero-order valence-corrected chi connectivity index (χ0v) is 8.87. The van der Waals surface area contributed by atoms with Crippen LogP contribution in [0.2, 0.25) is 0 Å². The van der Waals surface area contributed by atoms with E-state index >= 15 is 0 Å². The van der Waals surface area contributed by atoms with Gasteiger partial charge in [0, 0.05) is 0 Å². The van der Waals surface area contributed by atoms with E-state index in [-0.39, 0.29) is 17.8 Å². The Bertz CT molecular complexity index is 234. The first-order chi connectivity index (χ1) is 6.50. The van der Waals surface area contributed by atoms with Gasteiger partial charge in [0.05, 0.1) is 6.04 Å². The summed E-state index contributed by atoms with van der Waals surface area (Å²) >= 11 is 0. The second-order valence-corrected chi connectivity index (χ2v) is 4.08. The third-order valence-corrected chi connectivity index (χ3v) is 2.18. The Kier molecular flexibility index (Phi) is 3.49. The first kappa shape index (κ1) is 11.0. The fourth-order valence-electron chi connectivity index (χ4n) is 1.24. The van der Waals surface area contributed by atoms with Crippen LogP contribution in [0, 0.1) is 5.92 Å². The third kappa shape index (κ3) is 3.36. The lowest BCUT2D eigenvalue weighted by Crippen LogP contribution is -2.43. The monoisotopic (exact) mass is 199 g/mol. The van der Waals surface area contributed by atoms with E-state index in [1.54, 1.807) is 0 Å². The molecule has 80 valence electrons. The number of ether oxygens (including phenoxy) is 1. The average Bonchev–Trinajstić information content (AvgIpc) is 2.82. The molecule has 0 aliphatic heterocycles. The van der Waals surface area contributed by atoms with Crippen molar-refractivity contribution in [1.82, 2.24) is 5.32 Å². The van der Waals surface area contributed by atoms with Gasteiger partial charge in [0.25, 0.3) is 0 Å². The predicted molar refractivity (Wildman–Crippen MR) is 51.9 cm³/mol. The summed E-state index contributed by atoms with van der Waals surface area (Å²) in [5.41, 5.74) is 0. The number of carbonyl (C=O) groups is 2. The van der Waals surface area contributed by atoms with Crippen LogP contribution in [0.15, 0.2) is 0 Å². The number of rotatable bonds is 4. The molecule has 0 spiro atoms. The van der Waals surface area contributed by atoms with Crippen LogP contribution < -0.4 is 5.32 Å². The van der Waals surface area contributed by atoms with Gasteiger partial charge in [0.15, 0.2) is 5.78 Å². The number of amides is 1. The van der Waals surface area contributed by atoms with Gasteiger partial charge in [-0.25, -0.2) is 4.79 Å². The van der Waals surface area contributed by atoms with Crippen molar-refractivity contribution < 1.29 is 14.3 Å². The molecule has 1 aliphatic carbocycles. The Balaban J connectivity index is 2.37. The molecule has 0 aromatic rings. The number of alkyl carbamates (subject to hydrolysis) is 1. The van der Waals surface area contributed by atoms with E-state index in [0.29, 0.717) is 0 Å². The van der Waals surface area contributed by atoms with Crippen LogP contribution in [0.3, 0.4) is 0 Å². The minimum Gasteiger partial charge on any atom is -0.446 e. The van der Waals surface area contributed by atoms with Crippen molar-refractivity contribution in [1.29, 1.82) is 0 Å². The lowest BCUT2D eigenvalue weighted by atomic mass is 10.0. The van der Waals surface area contributed by atoms with Crippen molar-refractivity contribution in [2.24, 2.45) is 5.92 Å². The Morgan fingerprint density at radius 2 is 1.93 bits per heavy atom. The van der Waals surface area contributed by atoms with Gasteiger partial charge in [-0.3, -0.25) is 4.79 Å². The molecule has 0 bridgehead atoms. The molecule has 0 saturated heterocycles. The molecule has 1 saturated carbocycles. The second-order valence-electron chi connectivity index (χ2n) is 4.08. The van der Waals surface area contributed by atoms with Crippen molar-refractivity contribution in [3.63, 3.8) is 0 Å². The minimum absolute atomic E-state index is 0.0345. The molecule has 0 unspecified atom stereocenters. The van der Waals surface area contributed by atoms with Gasteiger partial charge in [-0.2, -0.15) is 0 Å². The van der Waals surface area contributed by atoms with Gasteiger partial charge >= 0.3 is 6.09 Å². The number of hydrogen-bond donors (Lipinski definition) is 1. The normalized spacial score (nSPS) is 17.7. The van der Waals surface area contributed by atoms with Crippen LogP contribution in [-0.4, -0.2) is 24.0 Å². The van der Waals surface area contributed by atoms with Gasteiger partial charge in [0.1, 0.15) is 6.10 Å². The molecular weight excluding hydrogens is 182 g/mol. The van der Waals surface area contributed by atoms with Crippen molar-refractivity contribution in [3.05, 3.63) is 0 Å². The molecule has 1 N–H and O–H groups in total. The van der Waals surface area contributed by atoms with Gasteiger partial charge in [-0.1, -0.05) is 13.8 Å². The SMILES string of the molecule is CC(=O)[C@@H](NC(=O)OC1CC1)C(C)C. The largest absolute Gasteiger partial charge is 0.446 e. The maximum atomic E-state index is 11.2. The van der Waals surface area contributed by atoms with E-state index in [2.05, 4.69) is 5.32 Å². The molecule has 1 atom stereocenters. The molecule has 0 aromatic carbocycles. The van der Waals surface area contributed by atoms with Crippen LogP contribution in [0.25, 0.3) is 0 Å². The van der Waals surface area contributed by atoms with E-state index < -0.39 is 12.1 Å². The lowest BCUT2D eigenvalue weighted by Gasteiger charge is -2.18. The maximum Gasteiger partial charge on any atom is 0.407 e. The highest BCUT2D eigenvalue weighted by Crippen LogP contribution is 2.23. The van der Waals surface area contributed by atoms with Crippen molar-refractivity contribution >= 4 is 11.9 Å².